The molecule has 1 heterocycles. The third kappa shape index (κ3) is 5.23. The molecule has 0 spiro atoms. The number of pyridine rings is 1. The summed E-state index contributed by atoms with van der Waals surface area (Å²) in [5.41, 5.74) is 7.98. The van der Waals surface area contributed by atoms with E-state index in [0.717, 1.165) is 11.3 Å². The lowest BCUT2D eigenvalue weighted by molar-refractivity contribution is -0.596. The Morgan fingerprint density at radius 3 is 2.10 bits per heavy atom. The Labute approximate surface area is 119 Å². The maximum absolute atomic E-state index is 10.5. The highest BCUT2D eigenvalue weighted by atomic mass is 19.4. The van der Waals surface area contributed by atoms with Crippen LogP contribution in [0.4, 0.5) is 13.2 Å². The van der Waals surface area contributed by atoms with Crippen molar-refractivity contribution in [2.75, 3.05) is 0 Å². The number of hydrogen-bond acceptors (Lipinski definition) is 3. The molecule has 0 radical (unpaired) electrons. The number of carboxylic acids is 1. The molecule has 0 atom stereocenters. The van der Waals surface area contributed by atoms with Crippen molar-refractivity contribution in [3.05, 3.63) is 60.4 Å². The lowest BCUT2D eigenvalue weighted by atomic mass is 10.2. The fourth-order valence-electron chi connectivity index (χ4n) is 1.49. The summed E-state index contributed by atoms with van der Waals surface area (Å²) < 4.78 is 33.6. The van der Waals surface area contributed by atoms with Crippen molar-refractivity contribution in [3.63, 3.8) is 0 Å². The highest BCUT2D eigenvalue weighted by Gasteiger charge is 2.28. The average molecular weight is 298 g/mol. The van der Waals surface area contributed by atoms with Crippen LogP contribution in [0.1, 0.15) is 5.56 Å². The van der Waals surface area contributed by atoms with E-state index in [1.165, 1.54) is 0 Å². The molecular weight excluding hydrogens is 285 g/mol. The third-order valence-corrected chi connectivity index (χ3v) is 2.44. The van der Waals surface area contributed by atoms with E-state index in [2.05, 4.69) is 16.7 Å². The molecule has 2 aromatic rings. The van der Waals surface area contributed by atoms with E-state index >= 15 is 0 Å². The quantitative estimate of drug-likeness (QED) is 0.831. The maximum Gasteiger partial charge on any atom is 0.430 e. The Kier molecular flexibility index (Phi) is 5.86. The van der Waals surface area contributed by atoms with Crippen LogP contribution < -0.4 is 15.4 Å². The second-order valence-corrected chi connectivity index (χ2v) is 3.90. The number of carbonyl (C=O) groups excluding carboxylic acids is 1. The van der Waals surface area contributed by atoms with Crippen molar-refractivity contribution >= 4 is 5.97 Å². The molecule has 1 aromatic heterocycles. The van der Waals surface area contributed by atoms with E-state index < -0.39 is 12.1 Å². The zero-order valence-electron chi connectivity index (χ0n) is 10.9. The smallest absolute Gasteiger partial charge is 0.430 e. The molecule has 1 aromatic carbocycles. The molecule has 7 heteroatoms. The fraction of sp³-hybridized carbons (Fsp3) is 0.143. The minimum atomic E-state index is -5.19. The molecule has 0 aliphatic carbocycles. The highest BCUT2D eigenvalue weighted by Crippen LogP contribution is 2.11. The van der Waals surface area contributed by atoms with Crippen LogP contribution in [0.2, 0.25) is 0 Å². The van der Waals surface area contributed by atoms with Crippen LogP contribution in [-0.2, 0) is 11.3 Å². The van der Waals surface area contributed by atoms with Crippen LogP contribution in [0.5, 0.6) is 0 Å². The normalized spacial score (nSPS) is 10.5. The predicted molar refractivity (Wildman–Crippen MR) is 66.9 cm³/mol. The average Bonchev–Trinajstić information content (AvgIpc) is 2.48. The van der Waals surface area contributed by atoms with Gasteiger partial charge in [-0.25, -0.2) is 0 Å². The lowest BCUT2D eigenvalue weighted by Gasteiger charge is -2.03. The van der Waals surface area contributed by atoms with Crippen LogP contribution in [-0.4, -0.2) is 12.1 Å². The van der Waals surface area contributed by atoms with Crippen molar-refractivity contribution < 1.29 is 27.6 Å². The molecule has 4 nitrogen and oxygen atoms in total. The van der Waals surface area contributed by atoms with Crippen LogP contribution in [0.3, 0.4) is 0 Å². The summed E-state index contributed by atoms with van der Waals surface area (Å²) in [5.74, 6) is -3.01. The summed E-state index contributed by atoms with van der Waals surface area (Å²) in [5, 5.41) is 8.78. The second-order valence-electron chi connectivity index (χ2n) is 3.90. The summed E-state index contributed by atoms with van der Waals surface area (Å²) in [6.07, 6.45) is -1.15. The van der Waals surface area contributed by atoms with Gasteiger partial charge in [-0.2, -0.15) is 17.7 Å². The van der Waals surface area contributed by atoms with Gasteiger partial charge in [0.25, 0.3) is 0 Å². The van der Waals surface area contributed by atoms with Gasteiger partial charge in [-0.3, -0.25) is 0 Å². The summed E-state index contributed by atoms with van der Waals surface area (Å²) in [4.78, 5) is 8.78. The Bertz CT molecular complexity index is 586. The monoisotopic (exact) mass is 298 g/mol. The van der Waals surface area contributed by atoms with Crippen molar-refractivity contribution in [1.82, 2.24) is 0 Å². The van der Waals surface area contributed by atoms with Gasteiger partial charge in [0.05, 0.1) is 0 Å². The number of rotatable bonds is 2. The van der Waals surface area contributed by atoms with E-state index in [9.17, 15) is 13.2 Å². The molecule has 0 aliphatic rings. The standard InChI is InChI=1S/C12H13N2.C2HF3O2/c13-10-11-6-2-3-7-12(11)14-8-4-1-5-9-14;3-2(4,5)1(6)7/h1-9H,10,13H2;(H,6,7)/q+1;/p-1. The van der Waals surface area contributed by atoms with Gasteiger partial charge < -0.3 is 15.6 Å². The number of carboxylic acid groups (broad SMARTS) is 1. The van der Waals surface area contributed by atoms with Gasteiger partial charge in [0.15, 0.2) is 12.4 Å². The molecule has 0 amide bonds. The van der Waals surface area contributed by atoms with Gasteiger partial charge in [-0.15, -0.1) is 0 Å². The number of benzene rings is 1. The molecule has 0 saturated heterocycles. The van der Waals surface area contributed by atoms with E-state index in [4.69, 9.17) is 15.6 Å². The van der Waals surface area contributed by atoms with Crippen LogP contribution >= 0.6 is 0 Å². The molecule has 21 heavy (non-hydrogen) atoms. The number of carbonyl (C=O) groups is 1. The van der Waals surface area contributed by atoms with Gasteiger partial charge in [0, 0.05) is 30.3 Å². The molecule has 2 rings (SSSR count). The van der Waals surface area contributed by atoms with Crippen LogP contribution in [0.25, 0.3) is 5.69 Å². The zero-order chi connectivity index (χ0) is 15.9. The van der Waals surface area contributed by atoms with Gasteiger partial charge >= 0.3 is 6.18 Å². The third-order valence-electron chi connectivity index (χ3n) is 2.44. The van der Waals surface area contributed by atoms with E-state index in [1.54, 1.807) is 0 Å². The highest BCUT2D eigenvalue weighted by molar-refractivity contribution is 5.70. The Morgan fingerprint density at radius 1 is 1.10 bits per heavy atom. The fourth-order valence-corrected chi connectivity index (χ4v) is 1.49. The summed E-state index contributed by atoms with van der Waals surface area (Å²) in [7, 11) is 0. The number of aliphatic carboxylic acids is 1. The SMILES string of the molecule is NCc1ccccc1-[n+]1ccccc1.O=C([O-])C(F)(F)F. The van der Waals surface area contributed by atoms with Gasteiger partial charge in [0.2, 0.25) is 5.69 Å². The first-order valence-electron chi connectivity index (χ1n) is 5.89. The van der Waals surface area contributed by atoms with Crippen molar-refractivity contribution in [3.8, 4) is 5.69 Å². The Balaban J connectivity index is 0.000000270. The maximum atomic E-state index is 10.5. The van der Waals surface area contributed by atoms with E-state index in [-0.39, 0.29) is 0 Å². The number of aromatic nitrogens is 1. The van der Waals surface area contributed by atoms with Crippen molar-refractivity contribution in [2.45, 2.75) is 12.7 Å². The summed E-state index contributed by atoms with van der Waals surface area (Å²) in [6.45, 7) is 0.568. The number of nitrogens with zero attached hydrogens (tertiary/aromatic N) is 1. The van der Waals surface area contributed by atoms with Gasteiger partial charge in [0.1, 0.15) is 5.97 Å². The van der Waals surface area contributed by atoms with E-state index in [1.807, 2.05) is 42.7 Å². The van der Waals surface area contributed by atoms with Crippen LogP contribution in [0, 0.1) is 0 Å². The first-order valence-corrected chi connectivity index (χ1v) is 5.89. The number of hydrogen-bond donors (Lipinski definition) is 1. The topological polar surface area (TPSA) is 70.0 Å². The molecular formula is C14H13F3N2O2. The molecule has 0 saturated carbocycles. The minimum absolute atomic E-state index is 0.568. The number of para-hydroxylation sites is 1. The molecule has 0 unspecified atom stereocenters. The number of alkyl halides is 3. The second kappa shape index (κ2) is 7.39. The van der Waals surface area contributed by atoms with Crippen molar-refractivity contribution in [1.29, 1.82) is 0 Å². The lowest BCUT2D eigenvalue weighted by Crippen LogP contribution is -2.37. The molecule has 0 aliphatic heterocycles. The first kappa shape index (κ1) is 16.6. The number of halogens is 3. The van der Waals surface area contributed by atoms with Crippen LogP contribution in [0.15, 0.2) is 54.9 Å². The Morgan fingerprint density at radius 2 is 1.62 bits per heavy atom. The van der Waals surface area contributed by atoms with E-state index in [0.29, 0.717) is 6.54 Å². The first-order chi connectivity index (χ1) is 9.86. The van der Waals surface area contributed by atoms with Gasteiger partial charge in [-0.1, -0.05) is 24.3 Å². The molecule has 2 N–H and O–H groups in total. The molecule has 0 fully saturated rings. The summed E-state index contributed by atoms with van der Waals surface area (Å²) >= 11 is 0. The minimum Gasteiger partial charge on any atom is -0.542 e. The predicted octanol–water partition coefficient (Wildman–Crippen LogP) is 0.721. The van der Waals surface area contributed by atoms with Crippen molar-refractivity contribution in [2.24, 2.45) is 5.73 Å². The zero-order valence-corrected chi connectivity index (χ0v) is 10.9. The molecule has 0 bridgehead atoms. The number of nitrogens with two attached hydrogens (primary N) is 1. The van der Waals surface area contributed by atoms with Gasteiger partial charge in [-0.05, 0) is 0 Å². The Hall–Kier alpha value is -2.41. The largest absolute Gasteiger partial charge is 0.542 e. The summed E-state index contributed by atoms with van der Waals surface area (Å²) in [6, 6.07) is 14.2. The molecule has 112 valence electrons.